The normalized spacial score (nSPS) is 10.8. The van der Waals surface area contributed by atoms with Crippen LogP contribution in [0.2, 0.25) is 15.1 Å². The van der Waals surface area contributed by atoms with Crippen molar-refractivity contribution >= 4 is 58.5 Å². The Morgan fingerprint density at radius 3 is 2.38 bits per heavy atom. The van der Waals surface area contributed by atoms with E-state index in [2.05, 4.69) is 25.9 Å². The molecule has 4 N–H and O–H groups in total. The van der Waals surface area contributed by atoms with Crippen molar-refractivity contribution in [3.8, 4) is 16.9 Å². The molecule has 37 heavy (non-hydrogen) atoms. The monoisotopic (exact) mass is 561 g/mol. The van der Waals surface area contributed by atoms with Gasteiger partial charge in [0, 0.05) is 34.1 Å². The second-order valence-electron chi connectivity index (χ2n) is 7.68. The molecule has 2 heterocycles. The van der Waals surface area contributed by atoms with Crippen LogP contribution < -0.4 is 16.4 Å². The molecule has 2 aromatic heterocycles. The minimum atomic E-state index is -0.725. The van der Waals surface area contributed by atoms with Gasteiger partial charge in [-0.05, 0) is 37.3 Å². The van der Waals surface area contributed by atoms with Crippen LogP contribution in [0.5, 0.6) is 0 Å². The van der Waals surface area contributed by atoms with Gasteiger partial charge < -0.3 is 15.5 Å². The van der Waals surface area contributed by atoms with Gasteiger partial charge in [-0.1, -0.05) is 52.0 Å². The molecule has 2 aromatic carbocycles. The zero-order valence-corrected chi connectivity index (χ0v) is 21.4. The Morgan fingerprint density at radius 2 is 1.70 bits per heavy atom. The average Bonchev–Trinajstić information content (AvgIpc) is 3.44. The quantitative estimate of drug-likeness (QED) is 0.292. The number of hydrogen-bond acceptors (Lipinski definition) is 7. The standard InChI is InChI=1S/C23H18Cl3N7O4/c1-11-18(20(35)29-23-31-30-22(37-23)21(36)28-9-8-17(27)34)32-33(16-7-6-14(25)10-15(16)26)19(11)12-2-4-13(24)5-3-12/h2-7,10H,8-9H2,1H3,(H2,27,34)(H,28,36)(H,29,31,35). The number of nitrogens with two attached hydrogens (primary N) is 1. The Kier molecular flexibility index (Phi) is 7.77. The third-order valence-corrected chi connectivity index (χ3v) is 5.88. The molecule has 4 aromatic rings. The number of carbonyl (C=O) groups is 3. The van der Waals surface area contributed by atoms with Gasteiger partial charge in [-0.15, -0.1) is 5.10 Å². The first-order valence-electron chi connectivity index (χ1n) is 10.7. The largest absolute Gasteiger partial charge is 0.399 e. The van der Waals surface area contributed by atoms with E-state index in [0.717, 1.165) is 5.56 Å². The number of rotatable bonds is 8. The highest BCUT2D eigenvalue weighted by Crippen LogP contribution is 2.33. The van der Waals surface area contributed by atoms with Crippen LogP contribution in [0.1, 0.15) is 33.2 Å². The molecule has 190 valence electrons. The van der Waals surface area contributed by atoms with Gasteiger partial charge in [0.05, 0.1) is 16.4 Å². The lowest BCUT2D eigenvalue weighted by atomic mass is 10.1. The average molecular weight is 563 g/mol. The van der Waals surface area contributed by atoms with E-state index < -0.39 is 23.6 Å². The summed E-state index contributed by atoms with van der Waals surface area (Å²) in [5.41, 5.74) is 7.41. The molecular formula is C23H18Cl3N7O4. The van der Waals surface area contributed by atoms with Crippen LogP contribution in [0.15, 0.2) is 46.9 Å². The molecule has 0 bridgehead atoms. The molecule has 0 spiro atoms. The predicted molar refractivity (Wildman–Crippen MR) is 137 cm³/mol. The van der Waals surface area contributed by atoms with E-state index in [1.54, 1.807) is 49.4 Å². The van der Waals surface area contributed by atoms with E-state index in [9.17, 15) is 14.4 Å². The first-order chi connectivity index (χ1) is 17.6. The summed E-state index contributed by atoms with van der Waals surface area (Å²) in [6.45, 7) is 1.72. The maximum absolute atomic E-state index is 13.1. The van der Waals surface area contributed by atoms with Gasteiger partial charge in [-0.25, -0.2) is 4.68 Å². The minimum Gasteiger partial charge on any atom is -0.399 e. The van der Waals surface area contributed by atoms with Gasteiger partial charge in [0.15, 0.2) is 5.69 Å². The van der Waals surface area contributed by atoms with Crippen molar-refractivity contribution in [1.82, 2.24) is 25.3 Å². The lowest BCUT2D eigenvalue weighted by molar-refractivity contribution is -0.117. The van der Waals surface area contributed by atoms with Gasteiger partial charge in [0.1, 0.15) is 0 Å². The number of nitrogens with one attached hydrogen (secondary N) is 2. The molecule has 11 nitrogen and oxygen atoms in total. The lowest BCUT2D eigenvalue weighted by Gasteiger charge is -2.11. The molecule has 14 heteroatoms. The minimum absolute atomic E-state index is 0.00436. The number of nitrogens with zero attached hydrogens (tertiary/aromatic N) is 4. The maximum Gasteiger partial charge on any atom is 0.323 e. The number of primary amides is 1. The summed E-state index contributed by atoms with van der Waals surface area (Å²) in [4.78, 5) is 36.0. The number of amides is 3. The summed E-state index contributed by atoms with van der Waals surface area (Å²) in [5, 5.41) is 17.9. The highest BCUT2D eigenvalue weighted by atomic mass is 35.5. The van der Waals surface area contributed by atoms with Crippen LogP contribution in [0, 0.1) is 6.92 Å². The van der Waals surface area contributed by atoms with Crippen molar-refractivity contribution in [2.75, 3.05) is 11.9 Å². The van der Waals surface area contributed by atoms with Crippen LogP contribution in [0.3, 0.4) is 0 Å². The Hall–Kier alpha value is -3.93. The highest BCUT2D eigenvalue weighted by molar-refractivity contribution is 6.35. The van der Waals surface area contributed by atoms with Crippen molar-refractivity contribution in [3.05, 3.63) is 74.7 Å². The summed E-state index contributed by atoms with van der Waals surface area (Å²) in [6, 6.07) is 11.6. The van der Waals surface area contributed by atoms with Gasteiger partial charge in [0.25, 0.3) is 5.91 Å². The molecular weight excluding hydrogens is 545 g/mol. The number of hydrogen-bond donors (Lipinski definition) is 3. The van der Waals surface area contributed by atoms with Crippen LogP contribution in [-0.4, -0.2) is 44.2 Å². The molecule has 0 radical (unpaired) electrons. The zero-order chi connectivity index (χ0) is 26.7. The third-order valence-electron chi connectivity index (χ3n) is 5.09. The second-order valence-corrected chi connectivity index (χ2v) is 8.96. The predicted octanol–water partition coefficient (Wildman–Crippen LogP) is 4.05. The van der Waals surface area contributed by atoms with Gasteiger partial charge in [-0.2, -0.15) is 5.10 Å². The number of halogens is 3. The van der Waals surface area contributed by atoms with E-state index in [-0.39, 0.29) is 24.7 Å². The molecule has 0 unspecified atom stereocenters. The topological polar surface area (TPSA) is 158 Å². The van der Waals surface area contributed by atoms with Gasteiger partial charge in [0.2, 0.25) is 5.91 Å². The van der Waals surface area contributed by atoms with Crippen LogP contribution >= 0.6 is 34.8 Å². The van der Waals surface area contributed by atoms with Crippen molar-refractivity contribution < 1.29 is 18.8 Å². The Labute approximate surface area is 224 Å². The fraction of sp³-hybridized carbons (Fsp3) is 0.130. The fourth-order valence-corrected chi connectivity index (χ4v) is 4.00. The SMILES string of the molecule is Cc1c(C(=O)Nc2nnc(C(=O)NCCC(N)=O)o2)nn(-c2ccc(Cl)cc2Cl)c1-c1ccc(Cl)cc1. The zero-order valence-electron chi connectivity index (χ0n) is 19.1. The number of aromatic nitrogens is 4. The van der Waals surface area contributed by atoms with Crippen molar-refractivity contribution in [1.29, 1.82) is 0 Å². The van der Waals surface area contributed by atoms with E-state index in [0.29, 0.717) is 32.0 Å². The Morgan fingerprint density at radius 1 is 1.00 bits per heavy atom. The number of anilines is 1. The molecule has 0 fully saturated rings. The number of benzene rings is 2. The smallest absolute Gasteiger partial charge is 0.323 e. The first-order valence-corrected chi connectivity index (χ1v) is 11.8. The van der Waals surface area contributed by atoms with Crippen LogP contribution in [0.4, 0.5) is 6.01 Å². The third kappa shape index (κ3) is 5.91. The summed E-state index contributed by atoms with van der Waals surface area (Å²) in [6.07, 6.45) is -0.0566. The summed E-state index contributed by atoms with van der Waals surface area (Å²) in [7, 11) is 0. The van der Waals surface area contributed by atoms with Crippen molar-refractivity contribution in [3.63, 3.8) is 0 Å². The molecule has 0 aliphatic rings. The number of carbonyl (C=O) groups excluding carboxylic acids is 3. The van der Waals surface area contributed by atoms with E-state index in [4.69, 9.17) is 45.0 Å². The van der Waals surface area contributed by atoms with Gasteiger partial charge in [-0.3, -0.25) is 19.7 Å². The van der Waals surface area contributed by atoms with Crippen LogP contribution in [-0.2, 0) is 4.79 Å². The molecule has 0 saturated carbocycles. The molecule has 0 saturated heterocycles. The van der Waals surface area contributed by atoms with E-state index in [1.165, 1.54) is 4.68 Å². The Balaban J connectivity index is 1.65. The summed E-state index contributed by atoms with van der Waals surface area (Å²) >= 11 is 18.6. The summed E-state index contributed by atoms with van der Waals surface area (Å²) in [5.74, 6) is -2.37. The molecule has 4 rings (SSSR count). The highest BCUT2D eigenvalue weighted by Gasteiger charge is 2.25. The summed E-state index contributed by atoms with van der Waals surface area (Å²) < 4.78 is 6.74. The van der Waals surface area contributed by atoms with E-state index in [1.807, 2.05) is 0 Å². The second kappa shape index (κ2) is 11.0. The molecule has 3 amide bonds. The van der Waals surface area contributed by atoms with E-state index >= 15 is 0 Å². The first kappa shape index (κ1) is 26.1. The lowest BCUT2D eigenvalue weighted by Crippen LogP contribution is -2.28. The molecule has 0 atom stereocenters. The molecule has 0 aliphatic heterocycles. The Bertz CT molecular complexity index is 1500. The fourth-order valence-electron chi connectivity index (χ4n) is 3.38. The van der Waals surface area contributed by atoms with Crippen molar-refractivity contribution in [2.24, 2.45) is 5.73 Å². The maximum atomic E-state index is 13.1. The van der Waals surface area contributed by atoms with Crippen LogP contribution in [0.25, 0.3) is 16.9 Å². The van der Waals surface area contributed by atoms with Crippen molar-refractivity contribution in [2.45, 2.75) is 13.3 Å². The van der Waals surface area contributed by atoms with Gasteiger partial charge >= 0.3 is 17.8 Å². The molecule has 0 aliphatic carbocycles.